The summed E-state index contributed by atoms with van der Waals surface area (Å²) in [6.45, 7) is 1.12. The van der Waals surface area contributed by atoms with E-state index in [1.54, 1.807) is 0 Å². The second-order valence-electron chi connectivity index (χ2n) is 7.82. The summed E-state index contributed by atoms with van der Waals surface area (Å²) in [5, 5.41) is 36.1. The number of rotatable bonds is 10. The Balaban J connectivity index is 1.73. The van der Waals surface area contributed by atoms with Crippen LogP contribution in [0.25, 0.3) is 0 Å². The van der Waals surface area contributed by atoms with Crippen molar-refractivity contribution >= 4 is 56.5 Å². The highest BCUT2D eigenvalue weighted by Gasteiger charge is 2.23. The third-order valence-electron chi connectivity index (χ3n) is 4.86. The fourth-order valence-corrected chi connectivity index (χ4v) is 3.53. The number of carbonyl (C=O) groups excluding carboxylic acids is 2. The molecular weight excluding hydrogens is 534 g/mol. The molecular formula is C24H19N5O9S. The molecule has 3 aromatic rings. The van der Waals surface area contributed by atoms with Crippen LogP contribution in [0.3, 0.4) is 0 Å². The van der Waals surface area contributed by atoms with Crippen LogP contribution < -0.4 is 5.32 Å². The SMILES string of the molecule is CC(=O)C(N=Nc1ccc(N=Nc2cc(C(=O)O)cc(C(=O)O)c2)cc1)C(=O)Nc1cccc(S(=O)(=O)O)c1. The van der Waals surface area contributed by atoms with E-state index in [-0.39, 0.29) is 28.2 Å². The number of benzene rings is 3. The molecule has 0 bridgehead atoms. The van der Waals surface area contributed by atoms with Gasteiger partial charge in [0.05, 0.1) is 33.1 Å². The summed E-state index contributed by atoms with van der Waals surface area (Å²) in [5.74, 6) is -4.17. The van der Waals surface area contributed by atoms with Crippen molar-refractivity contribution in [3.8, 4) is 0 Å². The van der Waals surface area contributed by atoms with Gasteiger partial charge in [-0.15, -0.1) is 0 Å². The van der Waals surface area contributed by atoms with Crippen molar-refractivity contribution in [3.05, 3.63) is 77.9 Å². The second kappa shape index (κ2) is 11.9. The highest BCUT2D eigenvalue weighted by molar-refractivity contribution is 7.85. The van der Waals surface area contributed by atoms with E-state index in [1.165, 1.54) is 36.4 Å². The van der Waals surface area contributed by atoms with Crippen LogP contribution in [0.15, 0.2) is 92.1 Å². The van der Waals surface area contributed by atoms with Gasteiger partial charge in [0, 0.05) is 5.69 Å². The lowest BCUT2D eigenvalue weighted by Gasteiger charge is -2.10. The maximum absolute atomic E-state index is 12.5. The Morgan fingerprint density at radius 3 is 1.82 bits per heavy atom. The summed E-state index contributed by atoms with van der Waals surface area (Å²) in [6, 6.07) is 12.3. The summed E-state index contributed by atoms with van der Waals surface area (Å²) in [7, 11) is -4.50. The molecule has 0 heterocycles. The molecule has 0 radical (unpaired) electrons. The van der Waals surface area contributed by atoms with E-state index in [1.807, 2.05) is 0 Å². The lowest BCUT2D eigenvalue weighted by atomic mass is 10.1. The van der Waals surface area contributed by atoms with E-state index in [4.69, 9.17) is 14.8 Å². The number of nitrogens with one attached hydrogen (secondary N) is 1. The van der Waals surface area contributed by atoms with Gasteiger partial charge in [-0.05, 0) is 67.6 Å². The van der Waals surface area contributed by atoms with Gasteiger partial charge in [0.2, 0.25) is 6.04 Å². The summed E-state index contributed by atoms with van der Waals surface area (Å²) < 4.78 is 31.7. The molecule has 0 aromatic heterocycles. The van der Waals surface area contributed by atoms with E-state index in [0.717, 1.165) is 37.3 Å². The summed E-state index contributed by atoms with van der Waals surface area (Å²) in [6.07, 6.45) is 0. The molecule has 0 saturated carbocycles. The summed E-state index contributed by atoms with van der Waals surface area (Å²) in [4.78, 5) is 46.5. The fraction of sp³-hybridized carbons (Fsp3) is 0.0833. The van der Waals surface area contributed by atoms with Crippen LogP contribution in [0.1, 0.15) is 27.6 Å². The molecule has 0 aliphatic heterocycles. The minimum Gasteiger partial charge on any atom is -0.478 e. The zero-order chi connectivity index (χ0) is 28.7. The maximum Gasteiger partial charge on any atom is 0.335 e. The van der Waals surface area contributed by atoms with Crippen LogP contribution in [0, 0.1) is 0 Å². The van der Waals surface area contributed by atoms with Crippen LogP contribution in [-0.4, -0.2) is 52.9 Å². The van der Waals surface area contributed by atoms with Crippen molar-refractivity contribution in [2.75, 3.05) is 5.32 Å². The molecule has 0 spiro atoms. The van der Waals surface area contributed by atoms with E-state index < -0.39 is 44.7 Å². The number of anilines is 1. The Hall–Kier alpha value is -5.15. The predicted octanol–water partition coefficient (Wildman–Crippen LogP) is 4.43. The van der Waals surface area contributed by atoms with Gasteiger partial charge >= 0.3 is 11.9 Å². The zero-order valence-electron chi connectivity index (χ0n) is 19.9. The van der Waals surface area contributed by atoms with Gasteiger partial charge in [0.15, 0.2) is 5.78 Å². The largest absolute Gasteiger partial charge is 0.478 e. The van der Waals surface area contributed by atoms with Crippen molar-refractivity contribution in [3.63, 3.8) is 0 Å². The van der Waals surface area contributed by atoms with Gasteiger partial charge in [0.25, 0.3) is 16.0 Å². The minimum atomic E-state index is -4.50. The van der Waals surface area contributed by atoms with Crippen molar-refractivity contribution in [1.29, 1.82) is 0 Å². The number of carbonyl (C=O) groups is 4. The molecule has 0 aliphatic rings. The van der Waals surface area contributed by atoms with E-state index in [0.29, 0.717) is 5.69 Å². The highest BCUT2D eigenvalue weighted by Crippen LogP contribution is 2.24. The Kier molecular flexibility index (Phi) is 8.69. The molecule has 1 amide bonds. The fourth-order valence-electron chi connectivity index (χ4n) is 3.00. The number of aromatic carboxylic acids is 2. The van der Waals surface area contributed by atoms with Crippen LogP contribution in [-0.2, 0) is 19.7 Å². The maximum atomic E-state index is 12.5. The molecule has 14 nitrogen and oxygen atoms in total. The van der Waals surface area contributed by atoms with Crippen LogP contribution in [0.4, 0.5) is 22.7 Å². The molecule has 4 N–H and O–H groups in total. The van der Waals surface area contributed by atoms with Crippen molar-refractivity contribution in [1.82, 2.24) is 0 Å². The number of nitrogens with zero attached hydrogens (tertiary/aromatic N) is 4. The van der Waals surface area contributed by atoms with Crippen LogP contribution >= 0.6 is 0 Å². The van der Waals surface area contributed by atoms with Gasteiger partial charge < -0.3 is 15.5 Å². The number of carboxylic acids is 2. The Bertz CT molecular complexity index is 1580. The zero-order valence-corrected chi connectivity index (χ0v) is 20.7. The minimum absolute atomic E-state index is 0.00787. The van der Waals surface area contributed by atoms with Gasteiger partial charge in [0.1, 0.15) is 0 Å². The molecule has 1 unspecified atom stereocenters. The van der Waals surface area contributed by atoms with Gasteiger partial charge in [-0.25, -0.2) is 9.59 Å². The van der Waals surface area contributed by atoms with E-state index in [2.05, 4.69) is 25.8 Å². The van der Waals surface area contributed by atoms with Gasteiger partial charge in [-0.1, -0.05) is 6.07 Å². The average Bonchev–Trinajstić information content (AvgIpc) is 2.87. The van der Waals surface area contributed by atoms with E-state index >= 15 is 0 Å². The van der Waals surface area contributed by atoms with E-state index in [9.17, 15) is 27.6 Å². The number of hydrogen-bond acceptors (Lipinski definition) is 10. The van der Waals surface area contributed by atoms with Crippen LogP contribution in [0.5, 0.6) is 0 Å². The Labute approximate surface area is 220 Å². The second-order valence-corrected chi connectivity index (χ2v) is 9.24. The number of hydrogen-bond donors (Lipinski definition) is 4. The first-order chi connectivity index (χ1) is 18.3. The summed E-state index contributed by atoms with van der Waals surface area (Å²) in [5.41, 5.74) is 0.0160. The van der Waals surface area contributed by atoms with Crippen molar-refractivity contribution in [2.45, 2.75) is 17.9 Å². The topological polar surface area (TPSA) is 225 Å². The average molecular weight is 554 g/mol. The smallest absolute Gasteiger partial charge is 0.335 e. The first-order valence-electron chi connectivity index (χ1n) is 10.8. The molecule has 3 aromatic carbocycles. The molecule has 1 atom stereocenters. The molecule has 200 valence electrons. The number of carboxylic acid groups (broad SMARTS) is 2. The third-order valence-corrected chi connectivity index (χ3v) is 5.71. The highest BCUT2D eigenvalue weighted by atomic mass is 32.2. The standard InChI is InChI=1S/C24H19N5O9S/c1-13(30)21(22(31)25-18-3-2-4-20(12-18)39(36,37)38)29-27-17-7-5-16(6-8-17)26-28-19-10-14(23(32)33)9-15(11-19)24(34)35/h2-12,21H,1H3,(H,25,31)(H,32,33)(H,34,35)(H,36,37,38). The monoisotopic (exact) mass is 553 g/mol. The number of Topliss-reactive ketones (excluding diaryl/α,β-unsaturated/α-hetero) is 1. The first-order valence-corrected chi connectivity index (χ1v) is 12.2. The lowest BCUT2D eigenvalue weighted by Crippen LogP contribution is -2.31. The Morgan fingerprint density at radius 2 is 1.31 bits per heavy atom. The molecule has 15 heteroatoms. The Morgan fingerprint density at radius 1 is 0.769 bits per heavy atom. The van der Waals surface area contributed by atoms with Crippen molar-refractivity contribution < 1.29 is 42.4 Å². The first kappa shape index (κ1) is 28.4. The van der Waals surface area contributed by atoms with Gasteiger partial charge in [-0.2, -0.15) is 28.9 Å². The summed E-state index contributed by atoms with van der Waals surface area (Å²) >= 11 is 0. The lowest BCUT2D eigenvalue weighted by molar-refractivity contribution is -0.126. The quantitative estimate of drug-likeness (QED) is 0.158. The molecule has 39 heavy (non-hydrogen) atoms. The predicted molar refractivity (Wildman–Crippen MR) is 135 cm³/mol. The molecule has 0 aliphatic carbocycles. The third kappa shape index (κ3) is 7.91. The molecule has 0 fully saturated rings. The number of ketones is 1. The normalized spacial score (nSPS) is 12.4. The number of amides is 1. The molecule has 3 rings (SSSR count). The van der Waals surface area contributed by atoms with Crippen molar-refractivity contribution in [2.24, 2.45) is 20.5 Å². The van der Waals surface area contributed by atoms with Gasteiger partial charge in [-0.3, -0.25) is 14.1 Å². The number of azo groups is 2. The van der Waals surface area contributed by atoms with Crippen LogP contribution in [0.2, 0.25) is 0 Å². The molecule has 0 saturated heterocycles.